The zero-order valence-corrected chi connectivity index (χ0v) is 12.5. The molecule has 0 spiro atoms. The van der Waals surface area contributed by atoms with E-state index in [0.29, 0.717) is 19.1 Å². The van der Waals surface area contributed by atoms with E-state index in [1.54, 1.807) is 0 Å². The number of hydrogen-bond donors (Lipinski definition) is 0. The van der Waals surface area contributed by atoms with Crippen LogP contribution in [0.4, 0.5) is 5.69 Å². The summed E-state index contributed by atoms with van der Waals surface area (Å²) in [5.74, 6) is 1.07. The van der Waals surface area contributed by atoms with Crippen molar-refractivity contribution < 1.29 is 9.53 Å². The minimum Gasteiger partial charge on any atom is -0.466 e. The van der Waals surface area contributed by atoms with Crippen LogP contribution >= 0.6 is 0 Å². The topological polar surface area (TPSA) is 55.3 Å². The van der Waals surface area contributed by atoms with E-state index in [1.165, 1.54) is 0 Å². The van der Waals surface area contributed by atoms with Gasteiger partial charge < -0.3 is 9.64 Å². The summed E-state index contributed by atoms with van der Waals surface area (Å²) in [6, 6.07) is 0. The molecule has 1 atom stereocenters. The van der Waals surface area contributed by atoms with Gasteiger partial charge in [0.25, 0.3) is 0 Å². The first-order chi connectivity index (χ1) is 9.61. The fourth-order valence-corrected chi connectivity index (χ4v) is 2.46. The molecular weight excluding hydrogens is 254 g/mol. The molecule has 0 bridgehead atoms. The first kappa shape index (κ1) is 14.8. The van der Waals surface area contributed by atoms with E-state index >= 15 is 0 Å². The highest BCUT2D eigenvalue weighted by Gasteiger charge is 2.27. The van der Waals surface area contributed by atoms with Crippen LogP contribution in [-0.2, 0) is 9.53 Å². The van der Waals surface area contributed by atoms with Gasteiger partial charge in [-0.25, -0.2) is 9.97 Å². The molecule has 1 aromatic rings. The van der Waals surface area contributed by atoms with Crippen LogP contribution in [0.5, 0.6) is 0 Å². The van der Waals surface area contributed by atoms with E-state index in [-0.39, 0.29) is 11.9 Å². The van der Waals surface area contributed by atoms with Crippen LogP contribution in [0.3, 0.4) is 0 Å². The summed E-state index contributed by atoms with van der Waals surface area (Å²) in [5.41, 5.74) is 0.989. The molecule has 1 unspecified atom stereocenters. The van der Waals surface area contributed by atoms with Gasteiger partial charge in [-0.3, -0.25) is 4.79 Å². The van der Waals surface area contributed by atoms with Gasteiger partial charge in [-0.15, -0.1) is 0 Å². The normalized spacial score (nSPS) is 19.2. The Labute approximate surface area is 120 Å². The molecular formula is C15H23N3O2. The molecule has 20 heavy (non-hydrogen) atoms. The van der Waals surface area contributed by atoms with Crippen LogP contribution in [0.2, 0.25) is 0 Å². The van der Waals surface area contributed by atoms with Crippen molar-refractivity contribution in [2.24, 2.45) is 5.92 Å². The van der Waals surface area contributed by atoms with Gasteiger partial charge in [0.05, 0.1) is 30.6 Å². The van der Waals surface area contributed by atoms with E-state index in [1.807, 2.05) is 19.3 Å². The second kappa shape index (κ2) is 6.68. The third-order valence-corrected chi connectivity index (χ3v) is 3.58. The van der Waals surface area contributed by atoms with Crippen molar-refractivity contribution in [1.82, 2.24) is 9.97 Å². The molecule has 5 heteroatoms. The molecule has 2 heterocycles. The molecule has 1 saturated heterocycles. The van der Waals surface area contributed by atoms with E-state index in [2.05, 4.69) is 28.7 Å². The Morgan fingerprint density at radius 1 is 1.45 bits per heavy atom. The summed E-state index contributed by atoms with van der Waals surface area (Å²) in [5, 5.41) is 0. The Balaban J connectivity index is 2.03. The number of ether oxygens (including phenoxy) is 1. The van der Waals surface area contributed by atoms with Crippen LogP contribution in [0.25, 0.3) is 0 Å². The Morgan fingerprint density at radius 3 is 2.75 bits per heavy atom. The lowest BCUT2D eigenvalue weighted by molar-refractivity contribution is -0.148. The quantitative estimate of drug-likeness (QED) is 0.791. The summed E-state index contributed by atoms with van der Waals surface area (Å²) >= 11 is 0. The largest absolute Gasteiger partial charge is 0.466 e. The predicted octanol–water partition coefficient (Wildman–Crippen LogP) is 2.38. The molecule has 1 aliphatic rings. The van der Waals surface area contributed by atoms with Crippen molar-refractivity contribution in [1.29, 1.82) is 0 Å². The number of rotatable bonds is 4. The molecule has 0 aliphatic carbocycles. The Morgan fingerprint density at radius 2 is 2.15 bits per heavy atom. The lowest BCUT2D eigenvalue weighted by Crippen LogP contribution is -2.39. The van der Waals surface area contributed by atoms with Crippen LogP contribution in [0, 0.1) is 5.92 Å². The molecule has 1 aliphatic heterocycles. The molecule has 0 radical (unpaired) electrons. The van der Waals surface area contributed by atoms with Crippen LogP contribution in [0.1, 0.15) is 45.4 Å². The zero-order chi connectivity index (χ0) is 14.5. The number of esters is 1. The third kappa shape index (κ3) is 3.46. The highest BCUT2D eigenvalue weighted by Crippen LogP contribution is 2.23. The molecule has 0 amide bonds. The van der Waals surface area contributed by atoms with Gasteiger partial charge in [0.2, 0.25) is 0 Å². The molecule has 1 aromatic heterocycles. The maximum absolute atomic E-state index is 11.8. The van der Waals surface area contributed by atoms with E-state index in [9.17, 15) is 4.79 Å². The monoisotopic (exact) mass is 277 g/mol. The number of hydrogen-bond acceptors (Lipinski definition) is 5. The van der Waals surface area contributed by atoms with Crippen molar-refractivity contribution in [3.05, 3.63) is 18.2 Å². The highest BCUT2D eigenvalue weighted by atomic mass is 16.5. The number of carbonyl (C=O) groups is 1. The molecule has 1 fully saturated rings. The number of piperidine rings is 1. The van der Waals surface area contributed by atoms with Crippen molar-refractivity contribution in [2.75, 3.05) is 24.6 Å². The Bertz CT molecular complexity index is 445. The van der Waals surface area contributed by atoms with Gasteiger partial charge in [-0.1, -0.05) is 13.8 Å². The summed E-state index contributed by atoms with van der Waals surface area (Å²) in [4.78, 5) is 22.8. The lowest BCUT2D eigenvalue weighted by atomic mass is 9.98. The first-order valence-corrected chi connectivity index (χ1v) is 7.35. The molecule has 110 valence electrons. The number of aromatic nitrogens is 2. The second-order valence-corrected chi connectivity index (χ2v) is 5.49. The Kier molecular flexibility index (Phi) is 4.93. The summed E-state index contributed by atoms with van der Waals surface area (Å²) in [6.07, 6.45) is 5.61. The smallest absolute Gasteiger partial charge is 0.310 e. The van der Waals surface area contributed by atoms with Crippen molar-refractivity contribution in [3.63, 3.8) is 0 Å². The molecule has 0 N–H and O–H groups in total. The van der Waals surface area contributed by atoms with Crippen LogP contribution in [0.15, 0.2) is 12.4 Å². The maximum Gasteiger partial charge on any atom is 0.310 e. The van der Waals surface area contributed by atoms with E-state index in [0.717, 1.165) is 30.9 Å². The van der Waals surface area contributed by atoms with Gasteiger partial charge in [0, 0.05) is 19.0 Å². The summed E-state index contributed by atoms with van der Waals surface area (Å²) in [7, 11) is 0. The highest BCUT2D eigenvalue weighted by molar-refractivity contribution is 5.73. The van der Waals surface area contributed by atoms with Crippen molar-refractivity contribution in [3.8, 4) is 0 Å². The maximum atomic E-state index is 11.8. The molecule has 2 rings (SSSR count). The number of nitrogens with zero attached hydrogens (tertiary/aromatic N) is 3. The average Bonchev–Trinajstić information content (AvgIpc) is 2.48. The van der Waals surface area contributed by atoms with Crippen LogP contribution in [-0.4, -0.2) is 35.6 Å². The van der Waals surface area contributed by atoms with E-state index < -0.39 is 0 Å². The summed E-state index contributed by atoms with van der Waals surface area (Å²) in [6.45, 7) is 8.08. The van der Waals surface area contributed by atoms with Crippen molar-refractivity contribution in [2.45, 2.75) is 39.5 Å². The van der Waals surface area contributed by atoms with Gasteiger partial charge in [-0.05, 0) is 19.8 Å². The van der Waals surface area contributed by atoms with Gasteiger partial charge in [0.1, 0.15) is 5.82 Å². The minimum absolute atomic E-state index is 0.0338. The Hall–Kier alpha value is -1.65. The third-order valence-electron chi connectivity index (χ3n) is 3.58. The lowest BCUT2D eigenvalue weighted by Gasteiger charge is -2.32. The fraction of sp³-hybridized carbons (Fsp3) is 0.667. The number of carbonyl (C=O) groups excluding carboxylic acids is 1. The second-order valence-electron chi connectivity index (χ2n) is 5.49. The van der Waals surface area contributed by atoms with Gasteiger partial charge >= 0.3 is 5.97 Å². The standard InChI is InChI=1S/C15H23N3O2/c1-4-20-15(19)12-6-5-7-18(10-12)13-8-16-14(11(2)3)17-9-13/h8-9,11-12H,4-7,10H2,1-3H3. The minimum atomic E-state index is -0.0862. The summed E-state index contributed by atoms with van der Waals surface area (Å²) < 4.78 is 5.12. The molecule has 5 nitrogen and oxygen atoms in total. The fourth-order valence-electron chi connectivity index (χ4n) is 2.46. The number of anilines is 1. The molecule has 0 saturated carbocycles. The van der Waals surface area contributed by atoms with Gasteiger partial charge in [0.15, 0.2) is 0 Å². The first-order valence-electron chi connectivity index (χ1n) is 7.35. The van der Waals surface area contributed by atoms with Crippen molar-refractivity contribution >= 4 is 11.7 Å². The van der Waals surface area contributed by atoms with Crippen LogP contribution < -0.4 is 4.90 Å². The average molecular weight is 277 g/mol. The SMILES string of the molecule is CCOC(=O)C1CCCN(c2cnc(C(C)C)nc2)C1. The molecule has 0 aromatic carbocycles. The van der Waals surface area contributed by atoms with E-state index in [4.69, 9.17) is 4.74 Å². The van der Waals surface area contributed by atoms with Gasteiger partial charge in [-0.2, -0.15) is 0 Å². The predicted molar refractivity (Wildman–Crippen MR) is 77.7 cm³/mol. The zero-order valence-electron chi connectivity index (χ0n) is 12.5.